The van der Waals surface area contributed by atoms with Crippen LogP contribution in [0.4, 0.5) is 5.82 Å². The molecule has 1 aromatic heterocycles. The molecule has 2 fully saturated rings. The zero-order valence-electron chi connectivity index (χ0n) is 12.5. The molecule has 4 nitrogen and oxygen atoms in total. The van der Waals surface area contributed by atoms with Gasteiger partial charge in [0.15, 0.2) is 5.82 Å². The summed E-state index contributed by atoms with van der Waals surface area (Å²) < 4.78 is 1.90. The van der Waals surface area contributed by atoms with Crippen LogP contribution in [0.15, 0.2) is 12.3 Å². The summed E-state index contributed by atoms with van der Waals surface area (Å²) in [5, 5.41) is 4.55. The molecule has 0 aliphatic carbocycles. The minimum absolute atomic E-state index is 0.558. The summed E-state index contributed by atoms with van der Waals surface area (Å²) in [7, 11) is 2.00. The molecule has 2 aliphatic rings. The summed E-state index contributed by atoms with van der Waals surface area (Å²) in [5.74, 6) is 1.16. The molecule has 2 aliphatic heterocycles. The van der Waals surface area contributed by atoms with E-state index in [9.17, 15) is 0 Å². The molecule has 0 aromatic carbocycles. The van der Waals surface area contributed by atoms with Gasteiger partial charge in [-0.3, -0.25) is 4.68 Å². The molecule has 0 atom stereocenters. The lowest BCUT2D eigenvalue weighted by Crippen LogP contribution is -2.44. The first kappa shape index (κ1) is 13.0. The Hall–Kier alpha value is -1.03. The van der Waals surface area contributed by atoms with Crippen molar-refractivity contribution in [3.8, 4) is 0 Å². The average Bonchev–Trinajstić information content (AvgIpc) is 2.97. The standard InChI is InChI=1S/C15H26N4/c1-13(2)18-9-5-15(6-10-18)7-11-19(12-15)14-4-8-17(3)16-14/h4,8,13H,5-7,9-12H2,1-3H3. The van der Waals surface area contributed by atoms with E-state index in [4.69, 9.17) is 0 Å². The van der Waals surface area contributed by atoms with E-state index in [1.165, 1.54) is 45.4 Å². The minimum Gasteiger partial charge on any atom is -0.355 e. The van der Waals surface area contributed by atoms with Gasteiger partial charge in [0, 0.05) is 38.4 Å². The molecule has 1 aromatic rings. The van der Waals surface area contributed by atoms with E-state index in [-0.39, 0.29) is 0 Å². The van der Waals surface area contributed by atoms with Gasteiger partial charge in [0.25, 0.3) is 0 Å². The summed E-state index contributed by atoms with van der Waals surface area (Å²) in [6, 6.07) is 2.84. The fourth-order valence-corrected chi connectivity index (χ4v) is 3.63. The highest BCUT2D eigenvalue weighted by Gasteiger charge is 2.41. The third kappa shape index (κ3) is 2.50. The van der Waals surface area contributed by atoms with E-state index >= 15 is 0 Å². The smallest absolute Gasteiger partial charge is 0.150 e. The van der Waals surface area contributed by atoms with Gasteiger partial charge in [0.2, 0.25) is 0 Å². The number of likely N-dealkylation sites (tertiary alicyclic amines) is 1. The van der Waals surface area contributed by atoms with Gasteiger partial charge in [-0.05, 0) is 51.6 Å². The number of anilines is 1. The molecule has 4 heteroatoms. The van der Waals surface area contributed by atoms with E-state index in [0.29, 0.717) is 11.5 Å². The molecule has 0 amide bonds. The van der Waals surface area contributed by atoms with Crippen molar-refractivity contribution in [2.24, 2.45) is 12.5 Å². The number of hydrogen-bond donors (Lipinski definition) is 0. The summed E-state index contributed by atoms with van der Waals surface area (Å²) in [6.07, 6.45) is 6.10. The fraction of sp³-hybridized carbons (Fsp3) is 0.800. The van der Waals surface area contributed by atoms with Crippen molar-refractivity contribution < 1.29 is 0 Å². The maximum absolute atomic E-state index is 4.55. The summed E-state index contributed by atoms with van der Waals surface area (Å²) in [5.41, 5.74) is 0.558. The summed E-state index contributed by atoms with van der Waals surface area (Å²) >= 11 is 0. The topological polar surface area (TPSA) is 24.3 Å². The SMILES string of the molecule is CC(C)N1CCC2(CCN(c3ccn(C)n3)C2)CC1. The Bertz CT molecular complexity index is 429. The number of aryl methyl sites for hydroxylation is 1. The predicted octanol–water partition coefficient (Wildman–Crippen LogP) is 2.12. The predicted molar refractivity (Wildman–Crippen MR) is 78.4 cm³/mol. The van der Waals surface area contributed by atoms with Gasteiger partial charge < -0.3 is 9.80 Å². The van der Waals surface area contributed by atoms with E-state index < -0.39 is 0 Å². The second-order valence-corrected chi connectivity index (χ2v) is 6.65. The van der Waals surface area contributed by atoms with Crippen molar-refractivity contribution in [1.29, 1.82) is 0 Å². The van der Waals surface area contributed by atoms with Gasteiger partial charge in [0.1, 0.15) is 0 Å². The Morgan fingerprint density at radius 3 is 2.42 bits per heavy atom. The number of nitrogens with zero attached hydrogens (tertiary/aromatic N) is 4. The van der Waals surface area contributed by atoms with Crippen LogP contribution in [0.3, 0.4) is 0 Å². The largest absolute Gasteiger partial charge is 0.355 e. The highest BCUT2D eigenvalue weighted by atomic mass is 15.3. The third-order valence-electron chi connectivity index (χ3n) is 5.05. The highest BCUT2D eigenvalue weighted by Crippen LogP contribution is 2.41. The molecule has 106 valence electrons. The maximum atomic E-state index is 4.55. The molecule has 1 spiro atoms. The molecule has 0 saturated carbocycles. The second kappa shape index (κ2) is 4.82. The van der Waals surface area contributed by atoms with Crippen LogP contribution in [-0.4, -0.2) is 46.9 Å². The monoisotopic (exact) mass is 262 g/mol. The second-order valence-electron chi connectivity index (χ2n) is 6.65. The normalized spacial score (nSPS) is 23.7. The average molecular weight is 262 g/mol. The van der Waals surface area contributed by atoms with Crippen molar-refractivity contribution in [2.45, 2.75) is 39.2 Å². The zero-order valence-corrected chi connectivity index (χ0v) is 12.5. The van der Waals surface area contributed by atoms with Gasteiger partial charge >= 0.3 is 0 Å². The Kier molecular flexibility index (Phi) is 3.29. The minimum atomic E-state index is 0.558. The number of hydrogen-bond acceptors (Lipinski definition) is 3. The first-order chi connectivity index (χ1) is 9.08. The van der Waals surface area contributed by atoms with Crippen LogP contribution in [0.1, 0.15) is 33.1 Å². The molecule has 0 N–H and O–H groups in total. The van der Waals surface area contributed by atoms with Crippen LogP contribution in [0, 0.1) is 5.41 Å². The number of piperidine rings is 1. The van der Waals surface area contributed by atoms with Gasteiger partial charge in [-0.1, -0.05) is 0 Å². The molecule has 0 radical (unpaired) electrons. The van der Waals surface area contributed by atoms with E-state index in [2.05, 4.69) is 34.8 Å². The molecule has 3 heterocycles. The van der Waals surface area contributed by atoms with Crippen LogP contribution in [-0.2, 0) is 7.05 Å². The molecule has 2 saturated heterocycles. The zero-order chi connectivity index (χ0) is 13.5. The molecule has 3 rings (SSSR count). The van der Waals surface area contributed by atoms with E-state index in [1.54, 1.807) is 0 Å². The lowest BCUT2D eigenvalue weighted by atomic mass is 9.77. The summed E-state index contributed by atoms with van der Waals surface area (Å²) in [6.45, 7) is 9.55. The van der Waals surface area contributed by atoms with Crippen LogP contribution < -0.4 is 4.90 Å². The fourth-order valence-electron chi connectivity index (χ4n) is 3.63. The molecule has 0 unspecified atom stereocenters. The lowest BCUT2D eigenvalue weighted by Gasteiger charge is -2.41. The molecular formula is C15H26N4. The van der Waals surface area contributed by atoms with Crippen LogP contribution in [0.5, 0.6) is 0 Å². The van der Waals surface area contributed by atoms with Crippen molar-refractivity contribution in [3.05, 3.63) is 12.3 Å². The Morgan fingerprint density at radius 1 is 1.16 bits per heavy atom. The Labute approximate surface area is 116 Å². The Morgan fingerprint density at radius 2 is 1.84 bits per heavy atom. The molecule has 19 heavy (non-hydrogen) atoms. The lowest BCUT2D eigenvalue weighted by molar-refractivity contribution is 0.0969. The number of aromatic nitrogens is 2. The van der Waals surface area contributed by atoms with Gasteiger partial charge in [-0.15, -0.1) is 0 Å². The highest BCUT2D eigenvalue weighted by molar-refractivity contribution is 5.39. The van der Waals surface area contributed by atoms with Crippen LogP contribution in [0.2, 0.25) is 0 Å². The third-order valence-corrected chi connectivity index (χ3v) is 5.05. The molecular weight excluding hydrogens is 236 g/mol. The van der Waals surface area contributed by atoms with Crippen molar-refractivity contribution in [3.63, 3.8) is 0 Å². The first-order valence-corrected chi connectivity index (χ1v) is 7.57. The van der Waals surface area contributed by atoms with Crippen molar-refractivity contribution in [1.82, 2.24) is 14.7 Å². The van der Waals surface area contributed by atoms with E-state index in [0.717, 1.165) is 5.82 Å². The van der Waals surface area contributed by atoms with Crippen LogP contribution >= 0.6 is 0 Å². The van der Waals surface area contributed by atoms with Crippen molar-refractivity contribution >= 4 is 5.82 Å². The van der Waals surface area contributed by atoms with Crippen molar-refractivity contribution in [2.75, 3.05) is 31.1 Å². The maximum Gasteiger partial charge on any atom is 0.150 e. The number of rotatable bonds is 2. The first-order valence-electron chi connectivity index (χ1n) is 7.57. The van der Waals surface area contributed by atoms with Gasteiger partial charge in [-0.2, -0.15) is 5.10 Å². The van der Waals surface area contributed by atoms with E-state index in [1.807, 2.05) is 17.9 Å². The Balaban J connectivity index is 1.63. The quantitative estimate of drug-likeness (QED) is 0.816. The molecule has 0 bridgehead atoms. The van der Waals surface area contributed by atoms with Gasteiger partial charge in [0.05, 0.1) is 0 Å². The van der Waals surface area contributed by atoms with Crippen LogP contribution in [0.25, 0.3) is 0 Å². The van der Waals surface area contributed by atoms with Gasteiger partial charge in [-0.25, -0.2) is 0 Å². The summed E-state index contributed by atoms with van der Waals surface area (Å²) in [4.78, 5) is 5.10.